The molecule has 1 fully saturated rings. The number of hydrogen-bond acceptors (Lipinski definition) is 11. The van der Waals surface area contributed by atoms with Crippen molar-refractivity contribution < 1.29 is 52.0 Å². The fourth-order valence-electron chi connectivity index (χ4n) is 6.82. The number of aliphatic hydroxyl groups excluding tert-OH is 1. The van der Waals surface area contributed by atoms with Gasteiger partial charge in [-0.25, -0.2) is 13.6 Å². The molecule has 1 aliphatic rings. The Morgan fingerprint density at radius 1 is 0.966 bits per heavy atom. The van der Waals surface area contributed by atoms with Crippen LogP contribution in [0.5, 0.6) is 5.75 Å². The van der Waals surface area contributed by atoms with Gasteiger partial charge in [-0.05, 0) is 53.8 Å². The van der Waals surface area contributed by atoms with Gasteiger partial charge in [0.15, 0.2) is 6.61 Å². The Balaban J connectivity index is 1.49. The van der Waals surface area contributed by atoms with E-state index in [4.69, 9.17) is 52.0 Å². The first-order chi connectivity index (χ1) is 27.7. The molecule has 0 unspecified atom stereocenters. The maximum Gasteiger partial charge on any atom is 0.338 e. The topological polar surface area (TPSA) is 177 Å². The lowest BCUT2D eigenvalue weighted by Gasteiger charge is -2.37. The molecule has 1 heterocycles. The SMILES string of the molecule is COc1cc(C(=O)OCC(=O)NCCOCCOCCOCCO)ccc1NC(=O)[C@@H]1N[C@@H](CC(C)(C)C)[C@](C#N)(c2ccc(Cl)cc2F)[C@H]1c1cccc(Cl)c1F. The van der Waals surface area contributed by atoms with Crippen LogP contribution in [0.15, 0.2) is 54.6 Å². The van der Waals surface area contributed by atoms with Crippen molar-refractivity contribution in [2.45, 2.75) is 50.6 Å². The van der Waals surface area contributed by atoms with Gasteiger partial charge in [0.25, 0.3) is 5.91 Å². The number of halogens is 4. The number of nitrogens with one attached hydrogen (secondary N) is 3. The molecule has 0 aliphatic carbocycles. The molecule has 3 aromatic carbocycles. The third kappa shape index (κ3) is 11.8. The highest BCUT2D eigenvalue weighted by Gasteiger charge is 2.61. The number of nitrogens with zero attached hydrogens (tertiary/aromatic N) is 1. The summed E-state index contributed by atoms with van der Waals surface area (Å²) < 4.78 is 58.4. The van der Waals surface area contributed by atoms with Gasteiger partial charge in [-0.15, -0.1) is 0 Å². The second-order valence-electron chi connectivity index (χ2n) is 14.6. The Labute approximate surface area is 346 Å². The number of esters is 1. The van der Waals surface area contributed by atoms with Gasteiger partial charge in [0, 0.05) is 29.1 Å². The van der Waals surface area contributed by atoms with Gasteiger partial charge in [-0.3, -0.25) is 9.59 Å². The summed E-state index contributed by atoms with van der Waals surface area (Å²) in [6.07, 6.45) is 0.275. The maximum atomic E-state index is 16.0. The lowest BCUT2D eigenvalue weighted by Crippen LogP contribution is -2.45. The highest BCUT2D eigenvalue weighted by atomic mass is 35.5. The standard InChI is InChI=1S/C41H48Cl2F2N4O9/c1-40(2,3)22-33-41(24-46,28-10-9-26(42)21-30(28)44)35(27-6-5-7-29(43)36(27)45)37(49-33)38(52)48-31-11-8-25(20-32(31)54-4)39(53)58-23-34(51)47-12-14-55-16-18-57-19-17-56-15-13-50/h5-11,20-21,33,35,37,49-50H,12-19,22-23H2,1-4H3,(H,47,51)(H,48,52)/t33-,35-,37+,41-/m0/s1. The predicted molar refractivity (Wildman–Crippen MR) is 212 cm³/mol. The normalized spacial score (nSPS) is 19.0. The fraction of sp³-hybridized carbons (Fsp3) is 0.463. The number of nitriles is 1. The molecular weight excluding hydrogens is 801 g/mol. The molecular formula is C41H48Cl2F2N4O9. The molecule has 0 bridgehead atoms. The third-order valence-corrected chi connectivity index (χ3v) is 9.84. The summed E-state index contributed by atoms with van der Waals surface area (Å²) in [5, 5.41) is 28.2. The first-order valence-electron chi connectivity index (χ1n) is 18.5. The summed E-state index contributed by atoms with van der Waals surface area (Å²) in [5.41, 5.74) is -2.29. The predicted octanol–water partition coefficient (Wildman–Crippen LogP) is 5.56. The molecule has 0 aromatic heterocycles. The zero-order valence-corrected chi connectivity index (χ0v) is 34.2. The molecule has 4 atom stereocenters. The van der Waals surface area contributed by atoms with Crippen molar-refractivity contribution >= 4 is 46.7 Å². The van der Waals surface area contributed by atoms with Crippen LogP contribution in [0, 0.1) is 28.4 Å². The molecule has 1 saturated heterocycles. The van der Waals surface area contributed by atoms with Crippen molar-refractivity contribution in [1.82, 2.24) is 10.6 Å². The Morgan fingerprint density at radius 2 is 1.66 bits per heavy atom. The number of methoxy groups -OCH3 is 1. The van der Waals surface area contributed by atoms with E-state index in [2.05, 4.69) is 22.0 Å². The summed E-state index contributed by atoms with van der Waals surface area (Å²) in [6, 6.07) is 12.3. The monoisotopic (exact) mass is 848 g/mol. The van der Waals surface area contributed by atoms with Gasteiger partial charge in [0.2, 0.25) is 5.91 Å². The number of carbonyl (C=O) groups is 3. The molecule has 2 amide bonds. The Hall–Kier alpha value is -4.40. The Kier molecular flexibility index (Phi) is 17.2. The van der Waals surface area contributed by atoms with Crippen molar-refractivity contribution in [1.29, 1.82) is 5.26 Å². The minimum Gasteiger partial charge on any atom is -0.495 e. The van der Waals surface area contributed by atoms with Crippen molar-refractivity contribution in [2.75, 3.05) is 71.8 Å². The van der Waals surface area contributed by atoms with E-state index in [0.717, 1.165) is 6.07 Å². The summed E-state index contributed by atoms with van der Waals surface area (Å²) in [5.74, 6) is -5.02. The lowest BCUT2D eigenvalue weighted by molar-refractivity contribution is -0.124. The molecule has 3 aromatic rings. The zero-order chi connectivity index (χ0) is 42.5. The van der Waals surface area contributed by atoms with Crippen molar-refractivity contribution in [3.05, 3.63) is 93.0 Å². The van der Waals surface area contributed by atoms with Crippen molar-refractivity contribution in [3.8, 4) is 11.8 Å². The second-order valence-corrected chi connectivity index (χ2v) is 15.4. The number of rotatable bonds is 20. The van der Waals surface area contributed by atoms with Crippen LogP contribution < -0.4 is 20.7 Å². The van der Waals surface area contributed by atoms with E-state index in [1.165, 1.54) is 55.6 Å². The lowest BCUT2D eigenvalue weighted by atomic mass is 9.62. The minimum atomic E-state index is -1.83. The molecule has 1 aliphatic heterocycles. The van der Waals surface area contributed by atoms with Gasteiger partial charge < -0.3 is 44.7 Å². The van der Waals surface area contributed by atoms with Gasteiger partial charge >= 0.3 is 5.97 Å². The largest absolute Gasteiger partial charge is 0.495 e. The van der Waals surface area contributed by atoms with Gasteiger partial charge in [0.05, 0.1) is 81.7 Å². The first-order valence-corrected chi connectivity index (χ1v) is 19.3. The van der Waals surface area contributed by atoms with Crippen LogP contribution in [0.2, 0.25) is 10.0 Å². The van der Waals surface area contributed by atoms with E-state index >= 15 is 8.78 Å². The van der Waals surface area contributed by atoms with Crippen LogP contribution in [0.4, 0.5) is 14.5 Å². The first kappa shape index (κ1) is 46.3. The molecule has 0 radical (unpaired) electrons. The number of ether oxygens (including phenoxy) is 5. The Bertz CT molecular complexity index is 1940. The number of hydrogen-bond donors (Lipinski definition) is 4. The molecule has 17 heteroatoms. The zero-order valence-electron chi connectivity index (χ0n) is 32.7. The third-order valence-electron chi connectivity index (χ3n) is 9.31. The van der Waals surface area contributed by atoms with E-state index in [1.807, 2.05) is 20.8 Å². The summed E-state index contributed by atoms with van der Waals surface area (Å²) in [4.78, 5) is 39.5. The Morgan fingerprint density at radius 3 is 2.29 bits per heavy atom. The van der Waals surface area contributed by atoms with Crippen molar-refractivity contribution in [3.63, 3.8) is 0 Å². The maximum absolute atomic E-state index is 16.0. The average Bonchev–Trinajstić information content (AvgIpc) is 3.49. The smallest absolute Gasteiger partial charge is 0.338 e. The molecule has 4 N–H and O–H groups in total. The molecule has 0 spiro atoms. The molecule has 58 heavy (non-hydrogen) atoms. The molecule has 314 valence electrons. The quantitative estimate of drug-likeness (QED) is 0.0828. The highest BCUT2D eigenvalue weighted by Crippen LogP contribution is 2.53. The van der Waals surface area contributed by atoms with Gasteiger partial charge in [-0.2, -0.15) is 5.26 Å². The fourth-order valence-corrected chi connectivity index (χ4v) is 7.16. The molecule has 4 rings (SSSR count). The van der Waals surface area contributed by atoms with Gasteiger partial charge in [0.1, 0.15) is 22.8 Å². The number of aliphatic hydroxyl groups is 1. The number of benzene rings is 3. The summed E-state index contributed by atoms with van der Waals surface area (Å²) >= 11 is 12.4. The van der Waals surface area contributed by atoms with Crippen LogP contribution in [-0.2, 0) is 34.0 Å². The molecule has 13 nitrogen and oxygen atoms in total. The minimum absolute atomic E-state index is 0.0116. The van der Waals surface area contributed by atoms with E-state index < -0.39 is 64.9 Å². The van der Waals surface area contributed by atoms with Gasteiger partial charge in [-0.1, -0.05) is 62.2 Å². The van der Waals surface area contributed by atoms with E-state index in [9.17, 15) is 19.6 Å². The second kappa shape index (κ2) is 21.6. The summed E-state index contributed by atoms with van der Waals surface area (Å²) in [6.45, 7) is 7.11. The van der Waals surface area contributed by atoms with Crippen LogP contribution in [0.25, 0.3) is 0 Å². The van der Waals surface area contributed by atoms with Crippen molar-refractivity contribution in [2.24, 2.45) is 5.41 Å². The van der Waals surface area contributed by atoms with Crippen LogP contribution in [0.1, 0.15) is 54.6 Å². The van der Waals surface area contributed by atoms with Crippen LogP contribution in [-0.4, -0.2) is 101 Å². The highest BCUT2D eigenvalue weighted by molar-refractivity contribution is 6.31. The van der Waals surface area contributed by atoms with E-state index in [0.29, 0.717) is 26.4 Å². The average molecular weight is 850 g/mol. The number of anilines is 1. The van der Waals surface area contributed by atoms with Crippen LogP contribution >= 0.6 is 23.2 Å². The number of amides is 2. The van der Waals surface area contributed by atoms with Crippen LogP contribution in [0.3, 0.4) is 0 Å². The number of carbonyl (C=O) groups excluding carboxylic acids is 3. The molecule has 0 saturated carbocycles. The summed E-state index contributed by atoms with van der Waals surface area (Å²) in [7, 11) is 1.32. The van der Waals surface area contributed by atoms with E-state index in [1.54, 1.807) is 0 Å². The van der Waals surface area contributed by atoms with E-state index in [-0.39, 0.29) is 71.0 Å².